The molecule has 4 nitrogen and oxygen atoms in total. The van der Waals surface area contributed by atoms with Crippen molar-refractivity contribution in [2.45, 2.75) is 6.10 Å². The molecule has 0 spiro atoms. The summed E-state index contributed by atoms with van der Waals surface area (Å²) in [6, 6.07) is 3.41. The molecule has 1 aliphatic rings. The third kappa shape index (κ3) is 1.84. The fourth-order valence-electron chi connectivity index (χ4n) is 1.05. The Labute approximate surface area is 75.9 Å². The molecule has 1 saturated heterocycles. The van der Waals surface area contributed by atoms with Crippen molar-refractivity contribution >= 4 is 5.97 Å². The van der Waals surface area contributed by atoms with Gasteiger partial charge in [0.15, 0.2) is 0 Å². The summed E-state index contributed by atoms with van der Waals surface area (Å²) < 4.78 is 5.13. The zero-order chi connectivity index (χ0) is 9.10. The molecular weight excluding hydrogens is 168 g/mol. The van der Waals surface area contributed by atoms with E-state index in [2.05, 4.69) is 10.3 Å². The second-order valence-electron chi connectivity index (χ2n) is 2.93. The van der Waals surface area contributed by atoms with Crippen LogP contribution in [0.4, 0.5) is 0 Å². The summed E-state index contributed by atoms with van der Waals surface area (Å²) >= 11 is 0. The van der Waals surface area contributed by atoms with Crippen LogP contribution >= 0.6 is 0 Å². The van der Waals surface area contributed by atoms with Crippen molar-refractivity contribution in [2.24, 2.45) is 0 Å². The van der Waals surface area contributed by atoms with Crippen molar-refractivity contribution in [3.8, 4) is 0 Å². The van der Waals surface area contributed by atoms with E-state index in [9.17, 15) is 4.79 Å². The average Bonchev–Trinajstić information content (AvgIpc) is 2.12. The number of carbonyl (C=O) groups excluding carboxylic acids is 1. The zero-order valence-corrected chi connectivity index (χ0v) is 7.06. The Bertz CT molecular complexity index is 296. The minimum Gasteiger partial charge on any atom is -0.456 e. The predicted molar refractivity (Wildman–Crippen MR) is 46.3 cm³/mol. The number of esters is 1. The Balaban J connectivity index is 1.97. The van der Waals surface area contributed by atoms with Gasteiger partial charge in [-0.2, -0.15) is 0 Å². The van der Waals surface area contributed by atoms with Crippen molar-refractivity contribution in [1.82, 2.24) is 10.3 Å². The highest BCUT2D eigenvalue weighted by Gasteiger charge is 2.21. The Kier molecular flexibility index (Phi) is 2.23. The Morgan fingerprint density at radius 2 is 2.46 bits per heavy atom. The summed E-state index contributed by atoms with van der Waals surface area (Å²) in [6.45, 7) is 1.51. The maximum Gasteiger partial charge on any atom is 0.340 e. The van der Waals surface area contributed by atoms with Crippen molar-refractivity contribution in [1.29, 1.82) is 0 Å². The summed E-state index contributed by atoms with van der Waals surface area (Å²) in [5, 5.41) is 3.03. The lowest BCUT2D eigenvalue weighted by molar-refractivity contribution is 0.0169. The lowest BCUT2D eigenvalue weighted by Gasteiger charge is -2.26. The fourth-order valence-corrected chi connectivity index (χ4v) is 1.05. The Hall–Kier alpha value is -1.42. The van der Waals surface area contributed by atoms with E-state index in [0.717, 1.165) is 13.1 Å². The van der Waals surface area contributed by atoms with Crippen LogP contribution in [0.2, 0.25) is 0 Å². The molecule has 0 atom stereocenters. The van der Waals surface area contributed by atoms with Gasteiger partial charge in [-0.1, -0.05) is 0 Å². The highest BCUT2D eigenvalue weighted by Crippen LogP contribution is 2.04. The molecule has 0 bridgehead atoms. The van der Waals surface area contributed by atoms with E-state index in [1.807, 2.05) is 0 Å². The van der Waals surface area contributed by atoms with Crippen LogP contribution in [0.5, 0.6) is 0 Å². The van der Waals surface area contributed by atoms with Gasteiger partial charge in [0.1, 0.15) is 6.10 Å². The first-order chi connectivity index (χ1) is 6.36. The number of nitrogens with zero attached hydrogens (tertiary/aromatic N) is 1. The largest absolute Gasteiger partial charge is 0.456 e. The summed E-state index contributed by atoms with van der Waals surface area (Å²) in [7, 11) is 0. The molecule has 0 saturated carbocycles. The van der Waals surface area contributed by atoms with E-state index < -0.39 is 0 Å². The molecule has 1 aliphatic heterocycles. The van der Waals surface area contributed by atoms with Crippen LogP contribution in [0.15, 0.2) is 24.5 Å². The highest BCUT2D eigenvalue weighted by molar-refractivity contribution is 5.89. The molecule has 0 radical (unpaired) electrons. The smallest absolute Gasteiger partial charge is 0.340 e. The molecule has 1 N–H and O–H groups in total. The number of aromatic nitrogens is 1. The monoisotopic (exact) mass is 178 g/mol. The molecule has 2 heterocycles. The van der Waals surface area contributed by atoms with E-state index in [1.54, 1.807) is 18.3 Å². The van der Waals surface area contributed by atoms with Crippen molar-refractivity contribution in [2.75, 3.05) is 13.1 Å². The summed E-state index contributed by atoms with van der Waals surface area (Å²) in [5.41, 5.74) is 0.509. The summed E-state index contributed by atoms with van der Waals surface area (Å²) in [6.07, 6.45) is 3.17. The van der Waals surface area contributed by atoms with Crippen LogP contribution in [0.25, 0.3) is 0 Å². The van der Waals surface area contributed by atoms with Crippen LogP contribution in [-0.4, -0.2) is 30.1 Å². The van der Waals surface area contributed by atoms with Gasteiger partial charge in [0.25, 0.3) is 0 Å². The molecule has 1 aromatic heterocycles. The zero-order valence-electron chi connectivity index (χ0n) is 7.06. The first-order valence-corrected chi connectivity index (χ1v) is 4.18. The van der Waals surface area contributed by atoms with Gasteiger partial charge in [0, 0.05) is 25.5 Å². The lowest BCUT2D eigenvalue weighted by Crippen LogP contribution is -2.49. The molecule has 68 valence electrons. The molecule has 0 aromatic carbocycles. The third-order valence-corrected chi connectivity index (χ3v) is 1.91. The maximum absolute atomic E-state index is 11.4. The first-order valence-electron chi connectivity index (χ1n) is 4.18. The second-order valence-corrected chi connectivity index (χ2v) is 2.93. The van der Waals surface area contributed by atoms with E-state index in [-0.39, 0.29) is 12.1 Å². The van der Waals surface area contributed by atoms with Crippen molar-refractivity contribution in [3.63, 3.8) is 0 Å². The van der Waals surface area contributed by atoms with E-state index in [1.165, 1.54) is 6.20 Å². The third-order valence-electron chi connectivity index (χ3n) is 1.91. The minimum absolute atomic E-state index is 0.0349. The lowest BCUT2D eigenvalue weighted by atomic mass is 10.2. The van der Waals surface area contributed by atoms with E-state index >= 15 is 0 Å². The highest BCUT2D eigenvalue weighted by atomic mass is 16.5. The standard InChI is InChI=1S/C9H10N2O2/c12-9(13-8-5-11-6-8)7-2-1-3-10-4-7/h1-4,8,11H,5-6H2. The number of rotatable bonds is 2. The normalized spacial score (nSPS) is 16.3. The molecule has 0 aliphatic carbocycles. The SMILES string of the molecule is O=C(OC1CNC1)c1cccnc1. The quantitative estimate of drug-likeness (QED) is 0.658. The van der Waals surface area contributed by atoms with Gasteiger partial charge in [-0.05, 0) is 12.1 Å². The second kappa shape index (κ2) is 3.53. The summed E-state index contributed by atoms with van der Waals surface area (Å²) in [4.78, 5) is 15.2. The molecule has 4 heteroatoms. The van der Waals surface area contributed by atoms with Gasteiger partial charge in [0.2, 0.25) is 0 Å². The van der Waals surface area contributed by atoms with Gasteiger partial charge in [-0.15, -0.1) is 0 Å². The molecule has 1 aromatic rings. The van der Waals surface area contributed by atoms with Crippen molar-refractivity contribution < 1.29 is 9.53 Å². The molecule has 2 rings (SSSR count). The first kappa shape index (κ1) is 8.19. The number of nitrogens with one attached hydrogen (secondary N) is 1. The van der Waals surface area contributed by atoms with Crippen LogP contribution in [0.3, 0.4) is 0 Å². The van der Waals surface area contributed by atoms with Crippen LogP contribution in [0, 0.1) is 0 Å². The van der Waals surface area contributed by atoms with Crippen LogP contribution in [0.1, 0.15) is 10.4 Å². The van der Waals surface area contributed by atoms with Crippen molar-refractivity contribution in [3.05, 3.63) is 30.1 Å². The van der Waals surface area contributed by atoms with Crippen LogP contribution in [-0.2, 0) is 4.74 Å². The number of ether oxygens (including phenoxy) is 1. The molecule has 0 amide bonds. The average molecular weight is 178 g/mol. The van der Waals surface area contributed by atoms with Gasteiger partial charge in [-0.3, -0.25) is 4.98 Å². The Morgan fingerprint density at radius 3 is 3.00 bits per heavy atom. The minimum atomic E-state index is -0.292. The van der Waals surface area contributed by atoms with Gasteiger partial charge >= 0.3 is 5.97 Å². The Morgan fingerprint density at radius 1 is 1.62 bits per heavy atom. The number of hydrogen-bond acceptors (Lipinski definition) is 4. The fraction of sp³-hybridized carbons (Fsp3) is 0.333. The number of pyridine rings is 1. The predicted octanol–water partition coefficient (Wildman–Crippen LogP) is 0.210. The molecule has 1 fully saturated rings. The molecule has 13 heavy (non-hydrogen) atoms. The topological polar surface area (TPSA) is 51.2 Å². The molecule has 0 unspecified atom stereocenters. The number of carbonyl (C=O) groups is 1. The molecular formula is C9H10N2O2. The van der Waals surface area contributed by atoms with Gasteiger partial charge in [0.05, 0.1) is 5.56 Å². The van der Waals surface area contributed by atoms with Gasteiger partial charge in [-0.25, -0.2) is 4.79 Å². The van der Waals surface area contributed by atoms with Gasteiger partial charge < -0.3 is 10.1 Å². The summed E-state index contributed by atoms with van der Waals surface area (Å²) in [5.74, 6) is -0.292. The van der Waals surface area contributed by atoms with Crippen LogP contribution < -0.4 is 5.32 Å². The van der Waals surface area contributed by atoms with E-state index in [0.29, 0.717) is 5.56 Å². The maximum atomic E-state index is 11.4. The number of hydrogen-bond donors (Lipinski definition) is 1. The van der Waals surface area contributed by atoms with E-state index in [4.69, 9.17) is 4.74 Å².